The Balaban J connectivity index is 1.86. The number of hydrogen-bond acceptors (Lipinski definition) is 5. The van der Waals surface area contributed by atoms with E-state index in [1.807, 2.05) is 6.92 Å². The van der Waals surface area contributed by atoms with E-state index >= 15 is 0 Å². The van der Waals surface area contributed by atoms with Gasteiger partial charge in [0.05, 0.1) is 13.2 Å². The van der Waals surface area contributed by atoms with Gasteiger partial charge in [-0.25, -0.2) is 0 Å². The predicted molar refractivity (Wildman–Crippen MR) is 67.4 cm³/mol. The van der Waals surface area contributed by atoms with Crippen LogP contribution in [0.5, 0.6) is 0 Å². The molecule has 1 saturated heterocycles. The summed E-state index contributed by atoms with van der Waals surface area (Å²) in [7, 11) is 0. The third-order valence-corrected chi connectivity index (χ3v) is 2.99. The average molecular weight is 290 g/mol. The molecule has 0 saturated carbocycles. The van der Waals surface area contributed by atoms with Crippen LogP contribution in [0.4, 0.5) is 19.0 Å². The van der Waals surface area contributed by atoms with E-state index in [0.29, 0.717) is 19.0 Å². The Morgan fingerprint density at radius 1 is 1.30 bits per heavy atom. The van der Waals surface area contributed by atoms with Gasteiger partial charge in [0.2, 0.25) is 0 Å². The lowest BCUT2D eigenvalue weighted by molar-refractivity contribution is -0.141. The van der Waals surface area contributed by atoms with Gasteiger partial charge in [0.25, 0.3) is 0 Å². The SMILES string of the molecule is CC(CN1CCOCC1)Nc1ccc(C(F)(F)F)nn1. The summed E-state index contributed by atoms with van der Waals surface area (Å²) in [5.74, 6) is 0.346. The Morgan fingerprint density at radius 2 is 2.00 bits per heavy atom. The molecule has 8 heteroatoms. The van der Waals surface area contributed by atoms with Crippen LogP contribution < -0.4 is 5.32 Å². The molecule has 2 rings (SSSR count). The third-order valence-electron chi connectivity index (χ3n) is 2.99. The molecular weight excluding hydrogens is 273 g/mol. The first-order valence-electron chi connectivity index (χ1n) is 6.43. The third kappa shape index (κ3) is 4.31. The molecule has 112 valence electrons. The fourth-order valence-corrected chi connectivity index (χ4v) is 2.03. The highest BCUT2D eigenvalue weighted by atomic mass is 19.4. The Hall–Kier alpha value is -1.41. The molecule has 1 aromatic rings. The Bertz CT molecular complexity index is 418. The Labute approximate surface area is 115 Å². The molecule has 0 spiro atoms. The topological polar surface area (TPSA) is 50.3 Å². The summed E-state index contributed by atoms with van der Waals surface area (Å²) in [4.78, 5) is 2.23. The van der Waals surface area contributed by atoms with Crippen LogP contribution in [0, 0.1) is 0 Å². The molecule has 1 atom stereocenters. The van der Waals surface area contributed by atoms with E-state index < -0.39 is 11.9 Å². The van der Waals surface area contributed by atoms with Gasteiger partial charge in [0, 0.05) is 25.7 Å². The number of ether oxygens (including phenoxy) is 1. The lowest BCUT2D eigenvalue weighted by Gasteiger charge is -2.29. The lowest BCUT2D eigenvalue weighted by Crippen LogP contribution is -2.42. The Morgan fingerprint density at radius 3 is 2.55 bits per heavy atom. The molecule has 1 aliphatic heterocycles. The van der Waals surface area contributed by atoms with Crippen molar-refractivity contribution in [2.45, 2.75) is 19.1 Å². The molecule has 1 aliphatic rings. The van der Waals surface area contributed by atoms with Crippen LogP contribution >= 0.6 is 0 Å². The maximum absolute atomic E-state index is 12.3. The monoisotopic (exact) mass is 290 g/mol. The minimum absolute atomic E-state index is 0.0686. The van der Waals surface area contributed by atoms with Crippen molar-refractivity contribution in [2.24, 2.45) is 0 Å². The summed E-state index contributed by atoms with van der Waals surface area (Å²) >= 11 is 0. The smallest absolute Gasteiger partial charge is 0.379 e. The maximum Gasteiger partial charge on any atom is 0.435 e. The van der Waals surface area contributed by atoms with E-state index in [2.05, 4.69) is 20.4 Å². The molecular formula is C12H17F3N4O. The van der Waals surface area contributed by atoms with Crippen LogP contribution in [-0.4, -0.2) is 54.0 Å². The molecule has 1 unspecified atom stereocenters. The number of rotatable bonds is 4. The number of alkyl halides is 3. The van der Waals surface area contributed by atoms with Crippen molar-refractivity contribution in [3.05, 3.63) is 17.8 Å². The highest BCUT2D eigenvalue weighted by molar-refractivity contribution is 5.34. The second kappa shape index (κ2) is 6.36. The molecule has 0 aromatic carbocycles. The van der Waals surface area contributed by atoms with Gasteiger partial charge in [0.15, 0.2) is 5.69 Å². The zero-order valence-electron chi connectivity index (χ0n) is 11.2. The van der Waals surface area contributed by atoms with E-state index in [1.54, 1.807) is 0 Å². The fraction of sp³-hybridized carbons (Fsp3) is 0.667. The lowest BCUT2D eigenvalue weighted by atomic mass is 10.3. The van der Waals surface area contributed by atoms with Gasteiger partial charge >= 0.3 is 6.18 Å². The number of morpholine rings is 1. The minimum atomic E-state index is -4.45. The molecule has 0 radical (unpaired) electrons. The molecule has 1 fully saturated rings. The molecule has 0 bridgehead atoms. The second-order valence-corrected chi connectivity index (χ2v) is 4.76. The predicted octanol–water partition coefficient (Wildman–Crippen LogP) is 1.63. The highest BCUT2D eigenvalue weighted by Crippen LogP contribution is 2.27. The van der Waals surface area contributed by atoms with Gasteiger partial charge in [-0.2, -0.15) is 13.2 Å². The van der Waals surface area contributed by atoms with Crippen molar-refractivity contribution in [3.63, 3.8) is 0 Å². The van der Waals surface area contributed by atoms with Gasteiger partial charge in [-0.1, -0.05) is 0 Å². The zero-order valence-corrected chi connectivity index (χ0v) is 11.2. The van der Waals surface area contributed by atoms with Crippen molar-refractivity contribution in [3.8, 4) is 0 Å². The average Bonchev–Trinajstić information content (AvgIpc) is 2.39. The molecule has 1 aromatic heterocycles. The van der Waals surface area contributed by atoms with Crippen LogP contribution in [0.3, 0.4) is 0 Å². The number of nitrogens with zero attached hydrogens (tertiary/aromatic N) is 3. The number of nitrogens with one attached hydrogen (secondary N) is 1. The first kappa shape index (κ1) is 15.0. The molecule has 2 heterocycles. The van der Waals surface area contributed by atoms with E-state index in [9.17, 15) is 13.2 Å². The number of aromatic nitrogens is 2. The number of anilines is 1. The van der Waals surface area contributed by atoms with E-state index in [-0.39, 0.29) is 6.04 Å². The van der Waals surface area contributed by atoms with Crippen molar-refractivity contribution in [1.82, 2.24) is 15.1 Å². The van der Waals surface area contributed by atoms with Crippen LogP contribution in [0.1, 0.15) is 12.6 Å². The number of hydrogen-bond donors (Lipinski definition) is 1. The summed E-state index contributed by atoms with van der Waals surface area (Å²) in [6.07, 6.45) is -4.45. The van der Waals surface area contributed by atoms with Crippen LogP contribution in [0.2, 0.25) is 0 Å². The molecule has 1 N–H and O–H groups in total. The Kier molecular flexibility index (Phi) is 4.77. The standard InChI is InChI=1S/C12H17F3N4O/c1-9(8-19-4-6-20-7-5-19)16-11-3-2-10(17-18-11)12(13,14)15/h2-3,9H,4-8H2,1H3,(H,16,18). The van der Waals surface area contributed by atoms with Gasteiger partial charge in [-0.05, 0) is 19.1 Å². The normalized spacial score (nSPS) is 18.8. The van der Waals surface area contributed by atoms with Gasteiger partial charge < -0.3 is 10.1 Å². The van der Waals surface area contributed by atoms with E-state index in [0.717, 1.165) is 25.7 Å². The maximum atomic E-state index is 12.3. The van der Waals surface area contributed by atoms with Crippen molar-refractivity contribution >= 4 is 5.82 Å². The minimum Gasteiger partial charge on any atom is -0.379 e. The van der Waals surface area contributed by atoms with Crippen molar-refractivity contribution in [1.29, 1.82) is 0 Å². The summed E-state index contributed by atoms with van der Waals surface area (Å²) in [5.41, 5.74) is -0.983. The van der Waals surface area contributed by atoms with Crippen molar-refractivity contribution in [2.75, 3.05) is 38.2 Å². The first-order chi connectivity index (χ1) is 9.45. The molecule has 5 nitrogen and oxygen atoms in total. The van der Waals surface area contributed by atoms with Gasteiger partial charge in [-0.15, -0.1) is 10.2 Å². The highest BCUT2D eigenvalue weighted by Gasteiger charge is 2.32. The second-order valence-electron chi connectivity index (χ2n) is 4.76. The zero-order chi connectivity index (χ0) is 14.6. The van der Waals surface area contributed by atoms with E-state index in [4.69, 9.17) is 4.74 Å². The van der Waals surface area contributed by atoms with Crippen LogP contribution in [0.25, 0.3) is 0 Å². The molecule has 20 heavy (non-hydrogen) atoms. The first-order valence-corrected chi connectivity index (χ1v) is 6.43. The quantitative estimate of drug-likeness (QED) is 0.913. The van der Waals surface area contributed by atoms with Crippen LogP contribution in [-0.2, 0) is 10.9 Å². The number of halogens is 3. The summed E-state index contributed by atoms with van der Waals surface area (Å²) in [6.45, 7) is 5.90. The summed E-state index contributed by atoms with van der Waals surface area (Å²) in [6, 6.07) is 2.29. The molecule has 0 aliphatic carbocycles. The largest absolute Gasteiger partial charge is 0.435 e. The van der Waals surface area contributed by atoms with Gasteiger partial charge in [0.1, 0.15) is 5.82 Å². The van der Waals surface area contributed by atoms with E-state index in [1.165, 1.54) is 6.07 Å². The summed E-state index contributed by atoms with van der Waals surface area (Å²) in [5, 5.41) is 9.78. The fourth-order valence-electron chi connectivity index (χ4n) is 2.03. The summed E-state index contributed by atoms with van der Waals surface area (Å²) < 4.78 is 42.3. The molecule has 0 amide bonds. The van der Waals surface area contributed by atoms with Gasteiger partial charge in [-0.3, -0.25) is 4.90 Å². The van der Waals surface area contributed by atoms with Crippen LogP contribution in [0.15, 0.2) is 12.1 Å². The van der Waals surface area contributed by atoms with Crippen molar-refractivity contribution < 1.29 is 17.9 Å².